The van der Waals surface area contributed by atoms with Gasteiger partial charge < -0.3 is 10.2 Å². The fourth-order valence-corrected chi connectivity index (χ4v) is 5.66. The van der Waals surface area contributed by atoms with Crippen LogP contribution in [0.15, 0.2) is 11.6 Å². The van der Waals surface area contributed by atoms with Crippen molar-refractivity contribution in [2.24, 2.45) is 23.2 Å². The van der Waals surface area contributed by atoms with E-state index in [2.05, 4.69) is 6.92 Å². The predicted octanol–water partition coefficient (Wildman–Crippen LogP) is 3.33. The standard InChI is InChI=1S/C19H28O4/c1-18-9-7-13(20)11-12(18)3-4-14-15(18)8-10-19(2,23)16(14)5-6-17(21)22/h11,14-16,23H,3-10H2,1-2H3,(H,21,22)/t14?,15?,16?,18-,19-/m0/s1. The van der Waals surface area contributed by atoms with E-state index in [1.54, 1.807) is 0 Å². The van der Waals surface area contributed by atoms with E-state index < -0.39 is 11.6 Å². The first-order chi connectivity index (χ1) is 10.7. The summed E-state index contributed by atoms with van der Waals surface area (Å²) in [7, 11) is 0. The minimum absolute atomic E-state index is 0.0494. The first kappa shape index (κ1) is 16.7. The van der Waals surface area contributed by atoms with E-state index in [1.807, 2.05) is 13.0 Å². The summed E-state index contributed by atoms with van der Waals surface area (Å²) >= 11 is 0. The molecule has 4 nitrogen and oxygen atoms in total. The zero-order chi connectivity index (χ0) is 16.8. The Morgan fingerprint density at radius 3 is 2.70 bits per heavy atom. The van der Waals surface area contributed by atoms with Gasteiger partial charge in [0.25, 0.3) is 0 Å². The second kappa shape index (κ2) is 5.73. The molecule has 0 aromatic carbocycles. The highest BCUT2D eigenvalue weighted by atomic mass is 16.4. The van der Waals surface area contributed by atoms with E-state index in [4.69, 9.17) is 5.11 Å². The van der Waals surface area contributed by atoms with Gasteiger partial charge in [-0.25, -0.2) is 0 Å². The van der Waals surface area contributed by atoms with Crippen LogP contribution < -0.4 is 0 Å². The molecule has 0 aromatic heterocycles. The second-order valence-corrected chi connectivity index (χ2v) is 8.30. The lowest BCUT2D eigenvalue weighted by molar-refractivity contribution is -0.141. The van der Waals surface area contributed by atoms with Crippen molar-refractivity contribution >= 4 is 11.8 Å². The number of hydrogen-bond donors (Lipinski definition) is 2. The van der Waals surface area contributed by atoms with Crippen LogP contribution in [-0.2, 0) is 9.59 Å². The molecule has 0 heterocycles. The van der Waals surface area contributed by atoms with Crippen LogP contribution in [-0.4, -0.2) is 27.6 Å². The van der Waals surface area contributed by atoms with Crippen LogP contribution in [0.5, 0.6) is 0 Å². The number of aliphatic carboxylic acids is 1. The number of fused-ring (bicyclic) bond motifs is 3. The Kier molecular flexibility index (Phi) is 4.16. The molecule has 0 radical (unpaired) electrons. The van der Waals surface area contributed by atoms with E-state index in [0.717, 1.165) is 32.1 Å². The Morgan fingerprint density at radius 2 is 2.00 bits per heavy atom. The van der Waals surface area contributed by atoms with Gasteiger partial charge in [-0.3, -0.25) is 9.59 Å². The van der Waals surface area contributed by atoms with Crippen molar-refractivity contribution in [3.8, 4) is 0 Å². The number of carboxylic acid groups (broad SMARTS) is 1. The number of carbonyl (C=O) groups excluding carboxylic acids is 1. The minimum atomic E-state index is -0.784. The molecule has 2 N–H and O–H groups in total. The van der Waals surface area contributed by atoms with Crippen molar-refractivity contribution in [2.45, 2.75) is 70.8 Å². The first-order valence-electron chi connectivity index (χ1n) is 8.92. The maximum atomic E-state index is 11.8. The zero-order valence-corrected chi connectivity index (χ0v) is 14.2. The number of aliphatic hydroxyl groups is 1. The number of ketones is 1. The van der Waals surface area contributed by atoms with Crippen LogP contribution in [0.4, 0.5) is 0 Å². The smallest absolute Gasteiger partial charge is 0.303 e. The van der Waals surface area contributed by atoms with E-state index >= 15 is 0 Å². The van der Waals surface area contributed by atoms with Crippen molar-refractivity contribution in [2.75, 3.05) is 0 Å². The highest BCUT2D eigenvalue weighted by Gasteiger charge is 2.54. The third kappa shape index (κ3) is 2.86. The van der Waals surface area contributed by atoms with Gasteiger partial charge in [-0.05, 0) is 74.7 Å². The summed E-state index contributed by atoms with van der Waals surface area (Å²) in [5.74, 6) is 0.353. The van der Waals surface area contributed by atoms with Crippen molar-refractivity contribution in [1.82, 2.24) is 0 Å². The third-order valence-corrected chi connectivity index (χ3v) is 6.99. The molecule has 128 valence electrons. The molecule has 0 amide bonds. The summed E-state index contributed by atoms with van der Waals surface area (Å²) in [6, 6.07) is 0. The minimum Gasteiger partial charge on any atom is -0.481 e. The Labute approximate surface area is 138 Å². The first-order valence-corrected chi connectivity index (χ1v) is 8.92. The average Bonchev–Trinajstić information content (AvgIpc) is 2.46. The van der Waals surface area contributed by atoms with Crippen LogP contribution in [0, 0.1) is 23.2 Å². The maximum absolute atomic E-state index is 11.8. The van der Waals surface area contributed by atoms with Crippen LogP contribution in [0.3, 0.4) is 0 Å². The molecule has 3 aliphatic carbocycles. The monoisotopic (exact) mass is 320 g/mol. The van der Waals surface area contributed by atoms with Crippen LogP contribution >= 0.6 is 0 Å². The van der Waals surface area contributed by atoms with Gasteiger partial charge in [0, 0.05) is 12.8 Å². The molecule has 2 saturated carbocycles. The number of carboxylic acids is 1. The summed E-state index contributed by atoms with van der Waals surface area (Å²) in [4.78, 5) is 22.8. The molecule has 0 bridgehead atoms. The molecule has 0 aliphatic heterocycles. The van der Waals surface area contributed by atoms with Gasteiger partial charge in [-0.1, -0.05) is 12.5 Å². The number of hydrogen-bond acceptors (Lipinski definition) is 3. The zero-order valence-electron chi connectivity index (χ0n) is 14.2. The van der Waals surface area contributed by atoms with Gasteiger partial charge in [0.05, 0.1) is 5.60 Å². The quantitative estimate of drug-likeness (QED) is 0.836. The van der Waals surface area contributed by atoms with Crippen molar-refractivity contribution < 1.29 is 19.8 Å². The normalized spacial score (nSPS) is 43.3. The summed E-state index contributed by atoms with van der Waals surface area (Å²) in [5, 5.41) is 19.9. The average molecular weight is 320 g/mol. The fourth-order valence-electron chi connectivity index (χ4n) is 5.66. The van der Waals surface area contributed by atoms with Crippen LogP contribution in [0.1, 0.15) is 65.2 Å². The van der Waals surface area contributed by atoms with E-state index in [-0.39, 0.29) is 23.5 Å². The van der Waals surface area contributed by atoms with E-state index in [0.29, 0.717) is 24.7 Å². The lowest BCUT2D eigenvalue weighted by atomic mass is 9.48. The Balaban J connectivity index is 1.88. The lowest BCUT2D eigenvalue weighted by Gasteiger charge is -2.57. The maximum Gasteiger partial charge on any atom is 0.303 e. The Morgan fingerprint density at radius 1 is 1.26 bits per heavy atom. The fraction of sp³-hybridized carbons (Fsp3) is 0.789. The summed E-state index contributed by atoms with van der Waals surface area (Å²) in [5.41, 5.74) is 0.599. The topological polar surface area (TPSA) is 74.6 Å². The predicted molar refractivity (Wildman–Crippen MR) is 86.9 cm³/mol. The molecule has 3 rings (SSSR count). The summed E-state index contributed by atoms with van der Waals surface area (Å²) < 4.78 is 0. The molecule has 2 fully saturated rings. The van der Waals surface area contributed by atoms with Gasteiger partial charge in [-0.15, -0.1) is 0 Å². The number of rotatable bonds is 3. The van der Waals surface area contributed by atoms with Gasteiger partial charge in [0.1, 0.15) is 0 Å². The third-order valence-electron chi connectivity index (χ3n) is 6.99. The highest BCUT2D eigenvalue weighted by Crippen LogP contribution is 2.60. The molecular formula is C19H28O4. The molecular weight excluding hydrogens is 292 g/mol. The molecule has 0 aromatic rings. The number of allylic oxidation sites excluding steroid dienone is 2. The van der Waals surface area contributed by atoms with E-state index in [1.165, 1.54) is 5.57 Å². The molecule has 0 saturated heterocycles. The van der Waals surface area contributed by atoms with Gasteiger partial charge in [0.15, 0.2) is 5.78 Å². The van der Waals surface area contributed by atoms with Crippen LogP contribution in [0.25, 0.3) is 0 Å². The molecule has 3 aliphatic rings. The Hall–Kier alpha value is -1.16. The van der Waals surface area contributed by atoms with Gasteiger partial charge >= 0.3 is 5.97 Å². The van der Waals surface area contributed by atoms with Crippen molar-refractivity contribution in [3.05, 3.63) is 11.6 Å². The van der Waals surface area contributed by atoms with E-state index in [9.17, 15) is 14.7 Å². The Bertz CT molecular complexity index is 548. The molecule has 4 heteroatoms. The summed E-state index contributed by atoms with van der Waals surface area (Å²) in [6.45, 7) is 4.17. The molecule has 3 unspecified atom stereocenters. The number of carbonyl (C=O) groups is 2. The van der Waals surface area contributed by atoms with Gasteiger partial charge in [-0.2, -0.15) is 0 Å². The van der Waals surface area contributed by atoms with Crippen LogP contribution in [0.2, 0.25) is 0 Å². The van der Waals surface area contributed by atoms with Crippen molar-refractivity contribution in [1.29, 1.82) is 0 Å². The molecule has 23 heavy (non-hydrogen) atoms. The lowest BCUT2D eigenvalue weighted by Crippen LogP contribution is -2.53. The highest BCUT2D eigenvalue weighted by molar-refractivity contribution is 5.91. The summed E-state index contributed by atoms with van der Waals surface area (Å²) in [6.07, 6.45) is 7.69. The molecule has 5 atom stereocenters. The van der Waals surface area contributed by atoms with Crippen molar-refractivity contribution in [3.63, 3.8) is 0 Å². The molecule has 0 spiro atoms. The SMILES string of the molecule is C[C@]1(O)CCC2C(CCC3=CC(=O)CC[C@@]32C)C1CCC(=O)O. The second-order valence-electron chi connectivity index (χ2n) is 8.30. The largest absolute Gasteiger partial charge is 0.481 e. The van der Waals surface area contributed by atoms with Gasteiger partial charge in [0.2, 0.25) is 0 Å².